The number of rotatable bonds is 3. The van der Waals surface area contributed by atoms with E-state index < -0.39 is 28.9 Å². The first-order valence-corrected chi connectivity index (χ1v) is 12.2. The van der Waals surface area contributed by atoms with Gasteiger partial charge in [-0.2, -0.15) is 13.2 Å². The Kier molecular flexibility index (Phi) is 6.02. The molecule has 37 heavy (non-hydrogen) atoms. The van der Waals surface area contributed by atoms with Crippen molar-refractivity contribution in [1.29, 1.82) is 0 Å². The van der Waals surface area contributed by atoms with Gasteiger partial charge in [0, 0.05) is 42.0 Å². The second-order valence-electron chi connectivity index (χ2n) is 10.5. The lowest BCUT2D eigenvalue weighted by molar-refractivity contribution is -0.0892. The number of ketones is 1. The standard InChI is InChI=1S/C28H27F4N3O2/c1-26(2)17-35-22(24(36)28(30,31)32)10-11-23(35)27(33-26)12-14-34(15-13-27)25(37)19-8-9-20(21(29)16-19)18-6-4-3-5-7-18/h3-11,16,33H,12-15,17H2,1-2H3. The molecule has 2 aromatic carbocycles. The molecular weight excluding hydrogens is 486 g/mol. The molecule has 0 atom stereocenters. The van der Waals surface area contributed by atoms with Crippen LogP contribution in [-0.2, 0) is 12.1 Å². The van der Waals surface area contributed by atoms with E-state index in [-0.39, 0.29) is 23.7 Å². The zero-order valence-electron chi connectivity index (χ0n) is 20.5. The number of piperidine rings is 1. The molecule has 1 amide bonds. The van der Waals surface area contributed by atoms with Crippen LogP contribution in [0.5, 0.6) is 0 Å². The van der Waals surface area contributed by atoms with Crippen molar-refractivity contribution in [3.05, 3.63) is 83.4 Å². The SMILES string of the molecule is CC1(C)Cn2c(C(=O)C(F)(F)F)ccc2C2(CCN(C(=O)c3ccc(-c4ccccc4)c(F)c3)CC2)N1. The number of carbonyl (C=O) groups is 2. The first kappa shape index (κ1) is 25.2. The van der Waals surface area contributed by atoms with E-state index in [0.29, 0.717) is 37.2 Å². The Bertz CT molecular complexity index is 1350. The third-order valence-corrected chi connectivity index (χ3v) is 7.30. The van der Waals surface area contributed by atoms with Gasteiger partial charge in [0.2, 0.25) is 0 Å². The molecule has 1 aromatic heterocycles. The van der Waals surface area contributed by atoms with E-state index in [1.165, 1.54) is 16.7 Å². The summed E-state index contributed by atoms with van der Waals surface area (Å²) < 4.78 is 56.0. The van der Waals surface area contributed by atoms with E-state index in [1.54, 1.807) is 35.2 Å². The molecule has 0 radical (unpaired) electrons. The van der Waals surface area contributed by atoms with Gasteiger partial charge in [-0.3, -0.25) is 14.9 Å². The monoisotopic (exact) mass is 513 g/mol. The number of carbonyl (C=O) groups excluding carboxylic acids is 2. The number of nitrogens with zero attached hydrogens (tertiary/aromatic N) is 2. The van der Waals surface area contributed by atoms with Crippen molar-refractivity contribution in [1.82, 2.24) is 14.8 Å². The van der Waals surface area contributed by atoms with Gasteiger partial charge >= 0.3 is 6.18 Å². The number of hydrogen-bond donors (Lipinski definition) is 1. The van der Waals surface area contributed by atoms with Gasteiger partial charge in [-0.1, -0.05) is 36.4 Å². The van der Waals surface area contributed by atoms with Crippen LogP contribution in [-0.4, -0.2) is 46.0 Å². The van der Waals surface area contributed by atoms with Crippen LogP contribution < -0.4 is 5.32 Å². The van der Waals surface area contributed by atoms with E-state index in [0.717, 1.165) is 5.56 Å². The topological polar surface area (TPSA) is 54.3 Å². The number of aromatic nitrogens is 1. The molecule has 5 rings (SSSR count). The highest BCUT2D eigenvalue weighted by atomic mass is 19.4. The molecule has 1 spiro atoms. The summed E-state index contributed by atoms with van der Waals surface area (Å²) in [6.45, 7) is 4.64. The highest BCUT2D eigenvalue weighted by Gasteiger charge is 2.49. The van der Waals surface area contributed by atoms with Gasteiger partial charge in [-0.15, -0.1) is 0 Å². The molecule has 5 nitrogen and oxygen atoms in total. The number of likely N-dealkylation sites (tertiary alicyclic amines) is 1. The summed E-state index contributed by atoms with van der Waals surface area (Å²) in [7, 11) is 0. The Balaban J connectivity index is 1.37. The highest BCUT2D eigenvalue weighted by molar-refractivity contribution is 5.99. The van der Waals surface area contributed by atoms with Crippen molar-refractivity contribution in [3.8, 4) is 11.1 Å². The lowest BCUT2D eigenvalue weighted by Gasteiger charge is -2.51. The molecule has 3 aromatic rings. The van der Waals surface area contributed by atoms with Crippen molar-refractivity contribution >= 4 is 11.7 Å². The Labute approximate surface area is 212 Å². The number of benzene rings is 2. The maximum atomic E-state index is 14.9. The minimum Gasteiger partial charge on any atom is -0.338 e. The predicted octanol–water partition coefficient (Wildman–Crippen LogP) is 5.55. The second kappa shape index (κ2) is 8.83. The molecule has 1 N–H and O–H groups in total. The molecule has 3 heterocycles. The van der Waals surface area contributed by atoms with Crippen LogP contribution in [0, 0.1) is 5.82 Å². The lowest BCUT2D eigenvalue weighted by atomic mass is 9.79. The van der Waals surface area contributed by atoms with E-state index in [1.807, 2.05) is 32.0 Å². The summed E-state index contributed by atoms with van der Waals surface area (Å²) in [4.78, 5) is 26.9. The maximum absolute atomic E-state index is 14.9. The molecule has 0 saturated carbocycles. The number of Topliss-reactive ketones (excluding diaryl/α,β-unsaturated/α-hetero) is 1. The van der Waals surface area contributed by atoms with Crippen LogP contribution in [0.1, 0.15) is 53.2 Å². The quantitative estimate of drug-likeness (QED) is 0.369. The smallest absolute Gasteiger partial charge is 0.338 e. The number of alkyl halides is 3. The largest absolute Gasteiger partial charge is 0.456 e. The molecule has 1 saturated heterocycles. The Morgan fingerprint density at radius 3 is 2.24 bits per heavy atom. The van der Waals surface area contributed by atoms with Gasteiger partial charge in [0.1, 0.15) is 5.82 Å². The third-order valence-electron chi connectivity index (χ3n) is 7.30. The van der Waals surface area contributed by atoms with Crippen LogP contribution in [0.4, 0.5) is 17.6 Å². The third kappa shape index (κ3) is 4.56. The summed E-state index contributed by atoms with van der Waals surface area (Å²) in [5.41, 5.74) is 0.352. The van der Waals surface area contributed by atoms with Gasteiger partial charge in [0.05, 0.1) is 11.2 Å². The summed E-state index contributed by atoms with van der Waals surface area (Å²) >= 11 is 0. The van der Waals surface area contributed by atoms with Gasteiger partial charge in [0.15, 0.2) is 0 Å². The predicted molar refractivity (Wildman–Crippen MR) is 131 cm³/mol. The summed E-state index contributed by atoms with van der Waals surface area (Å²) in [6.07, 6.45) is -4.08. The van der Waals surface area contributed by atoms with E-state index >= 15 is 0 Å². The van der Waals surface area contributed by atoms with E-state index in [9.17, 15) is 27.2 Å². The number of halogens is 4. The number of hydrogen-bond acceptors (Lipinski definition) is 3. The number of nitrogens with one attached hydrogen (secondary N) is 1. The second-order valence-corrected chi connectivity index (χ2v) is 10.5. The summed E-state index contributed by atoms with van der Waals surface area (Å²) in [5, 5.41) is 3.58. The van der Waals surface area contributed by atoms with E-state index in [4.69, 9.17) is 0 Å². The average molecular weight is 514 g/mol. The van der Waals surface area contributed by atoms with Crippen LogP contribution in [0.2, 0.25) is 0 Å². The molecular formula is C28H27F4N3O2. The minimum atomic E-state index is -4.96. The molecule has 2 aliphatic heterocycles. The molecule has 0 unspecified atom stereocenters. The van der Waals surface area contributed by atoms with Gasteiger partial charge in [-0.05, 0) is 56.5 Å². The van der Waals surface area contributed by atoms with Crippen LogP contribution in [0.15, 0.2) is 60.7 Å². The first-order valence-electron chi connectivity index (χ1n) is 12.2. The highest BCUT2D eigenvalue weighted by Crippen LogP contribution is 2.41. The Morgan fingerprint density at radius 2 is 1.62 bits per heavy atom. The molecule has 9 heteroatoms. The number of amides is 1. The van der Waals surface area contributed by atoms with Crippen molar-refractivity contribution in [3.63, 3.8) is 0 Å². The average Bonchev–Trinajstić information content (AvgIpc) is 3.26. The fraction of sp³-hybridized carbons (Fsp3) is 0.357. The lowest BCUT2D eigenvalue weighted by Crippen LogP contribution is -2.63. The van der Waals surface area contributed by atoms with Crippen LogP contribution >= 0.6 is 0 Å². The van der Waals surface area contributed by atoms with Gasteiger partial charge in [-0.25, -0.2) is 4.39 Å². The zero-order valence-corrected chi connectivity index (χ0v) is 20.5. The van der Waals surface area contributed by atoms with Gasteiger partial charge < -0.3 is 9.47 Å². The zero-order chi connectivity index (χ0) is 26.6. The Hall–Kier alpha value is -3.46. The normalized spacial score (nSPS) is 18.5. The van der Waals surface area contributed by atoms with Crippen LogP contribution in [0.3, 0.4) is 0 Å². The maximum Gasteiger partial charge on any atom is 0.456 e. The Morgan fingerprint density at radius 1 is 0.946 bits per heavy atom. The molecule has 0 bridgehead atoms. The van der Waals surface area contributed by atoms with Crippen molar-refractivity contribution in [2.75, 3.05) is 13.1 Å². The van der Waals surface area contributed by atoms with E-state index in [2.05, 4.69) is 5.32 Å². The molecule has 1 fully saturated rings. The molecule has 0 aliphatic carbocycles. The van der Waals surface area contributed by atoms with Gasteiger partial charge in [0.25, 0.3) is 11.7 Å². The minimum absolute atomic E-state index is 0.212. The van der Waals surface area contributed by atoms with Crippen molar-refractivity contribution < 1.29 is 27.2 Å². The van der Waals surface area contributed by atoms with Crippen LogP contribution in [0.25, 0.3) is 11.1 Å². The molecule has 194 valence electrons. The van der Waals surface area contributed by atoms with Crippen molar-refractivity contribution in [2.24, 2.45) is 0 Å². The summed E-state index contributed by atoms with van der Waals surface area (Å²) in [5.74, 6) is -2.65. The number of fused-ring (bicyclic) bond motifs is 2. The summed E-state index contributed by atoms with van der Waals surface area (Å²) in [6, 6.07) is 16.3. The first-order chi connectivity index (χ1) is 17.4. The fourth-order valence-electron chi connectivity index (χ4n) is 5.70. The van der Waals surface area contributed by atoms with Crippen molar-refractivity contribution in [2.45, 2.75) is 50.5 Å². The fourth-order valence-corrected chi connectivity index (χ4v) is 5.70. The molecule has 2 aliphatic rings.